The number of nitrogens with one attached hydrogen (secondary N) is 1. The summed E-state index contributed by atoms with van der Waals surface area (Å²) in [6, 6.07) is 20.7. The predicted octanol–water partition coefficient (Wildman–Crippen LogP) is 6.88. The Hall–Kier alpha value is -3.93. The van der Waals surface area contributed by atoms with Crippen LogP contribution in [0.25, 0.3) is 17.2 Å². The minimum atomic E-state index is -0.675. The van der Waals surface area contributed by atoms with E-state index in [0.29, 0.717) is 30.5 Å². The fourth-order valence-corrected chi connectivity index (χ4v) is 5.12. The molecular formula is C32H35FN2O3. The third-order valence-corrected chi connectivity index (χ3v) is 7.35. The van der Waals surface area contributed by atoms with Gasteiger partial charge in [0.25, 0.3) is 0 Å². The van der Waals surface area contributed by atoms with Crippen LogP contribution in [0.15, 0.2) is 72.8 Å². The maximum Gasteiger partial charge on any atom is 0.330 e. The second-order valence-corrected chi connectivity index (χ2v) is 10.2. The van der Waals surface area contributed by atoms with Gasteiger partial charge in [0.15, 0.2) is 0 Å². The van der Waals surface area contributed by atoms with Crippen LogP contribution < -0.4 is 10.2 Å². The van der Waals surface area contributed by atoms with E-state index < -0.39 is 11.4 Å². The van der Waals surface area contributed by atoms with Gasteiger partial charge in [-0.1, -0.05) is 55.7 Å². The first-order valence-electron chi connectivity index (χ1n) is 13.0. The SMILES string of the molecule is COC(=O)/C=C/c1cccc(NC(=O)C2(Cc3ccc(-c4ccc(N(C)C)cc4)cc3F)CCCCC2)c1. The molecule has 0 aromatic heterocycles. The first-order valence-corrected chi connectivity index (χ1v) is 13.0. The Morgan fingerprint density at radius 3 is 2.34 bits per heavy atom. The van der Waals surface area contributed by atoms with Gasteiger partial charge in [-0.15, -0.1) is 0 Å². The number of rotatable bonds is 8. The number of hydrogen-bond acceptors (Lipinski definition) is 4. The molecule has 0 spiro atoms. The summed E-state index contributed by atoms with van der Waals surface area (Å²) >= 11 is 0. The number of carbonyl (C=O) groups is 2. The summed E-state index contributed by atoms with van der Waals surface area (Å²) in [7, 11) is 5.30. The first-order chi connectivity index (χ1) is 18.3. The summed E-state index contributed by atoms with van der Waals surface area (Å²) in [5.74, 6) is -0.819. The molecule has 0 atom stereocenters. The number of carbonyl (C=O) groups excluding carboxylic acids is 2. The van der Waals surface area contributed by atoms with Crippen molar-refractivity contribution >= 4 is 29.3 Å². The van der Waals surface area contributed by atoms with E-state index in [1.165, 1.54) is 13.2 Å². The van der Waals surface area contributed by atoms with Gasteiger partial charge in [0.2, 0.25) is 5.91 Å². The molecule has 5 nitrogen and oxygen atoms in total. The summed E-state index contributed by atoms with van der Waals surface area (Å²) in [4.78, 5) is 27.1. The third-order valence-electron chi connectivity index (χ3n) is 7.35. The van der Waals surface area contributed by atoms with Crippen molar-refractivity contribution in [3.05, 3.63) is 89.8 Å². The molecule has 3 aromatic carbocycles. The Morgan fingerprint density at radius 1 is 0.974 bits per heavy atom. The molecule has 1 fully saturated rings. The van der Waals surface area contributed by atoms with Crippen LogP contribution in [0.3, 0.4) is 0 Å². The van der Waals surface area contributed by atoms with Crippen molar-refractivity contribution < 1.29 is 18.7 Å². The Bertz CT molecular complexity index is 1310. The average Bonchev–Trinajstić information content (AvgIpc) is 2.93. The van der Waals surface area contributed by atoms with Gasteiger partial charge in [-0.25, -0.2) is 9.18 Å². The number of methoxy groups -OCH3 is 1. The molecule has 6 heteroatoms. The maximum absolute atomic E-state index is 15.4. The highest BCUT2D eigenvalue weighted by atomic mass is 19.1. The largest absolute Gasteiger partial charge is 0.466 e. The second-order valence-electron chi connectivity index (χ2n) is 10.2. The van der Waals surface area contributed by atoms with Crippen LogP contribution in [0.5, 0.6) is 0 Å². The van der Waals surface area contributed by atoms with Gasteiger partial charge < -0.3 is 15.0 Å². The predicted molar refractivity (Wildman–Crippen MR) is 152 cm³/mol. The maximum atomic E-state index is 15.4. The normalized spacial score (nSPS) is 14.7. The fraction of sp³-hybridized carbons (Fsp3) is 0.312. The molecule has 0 radical (unpaired) electrons. The molecule has 3 aromatic rings. The van der Waals surface area contributed by atoms with E-state index in [4.69, 9.17) is 0 Å². The molecule has 1 aliphatic rings. The number of esters is 1. The van der Waals surface area contributed by atoms with Crippen LogP contribution >= 0.6 is 0 Å². The minimum Gasteiger partial charge on any atom is -0.466 e. The lowest BCUT2D eigenvalue weighted by atomic mass is 9.69. The third kappa shape index (κ3) is 6.49. The van der Waals surface area contributed by atoms with E-state index in [9.17, 15) is 9.59 Å². The number of halogens is 1. The molecule has 0 bridgehead atoms. The number of benzene rings is 3. The van der Waals surface area contributed by atoms with Crippen LogP contribution in [-0.2, 0) is 20.7 Å². The molecular weight excluding hydrogens is 479 g/mol. The zero-order valence-electron chi connectivity index (χ0n) is 22.3. The minimum absolute atomic E-state index is 0.0888. The van der Waals surface area contributed by atoms with Gasteiger partial charge in [-0.05, 0) is 77.9 Å². The van der Waals surface area contributed by atoms with Crippen LogP contribution in [0, 0.1) is 11.2 Å². The summed E-state index contributed by atoms with van der Waals surface area (Å²) in [5.41, 5.74) is 4.15. The Balaban J connectivity index is 1.53. The standard InChI is InChI=1S/C32H35FN2O3/c1-35(2)28-15-13-24(14-16-28)25-11-12-26(29(33)21-25)22-32(18-5-4-6-19-32)31(37)34-27-9-7-8-23(20-27)10-17-30(36)38-3/h7-17,20-21H,4-6,18-19,22H2,1-3H3,(H,34,37)/b17-10+. The molecule has 1 N–H and O–H groups in total. The van der Waals surface area contributed by atoms with Gasteiger partial charge >= 0.3 is 5.97 Å². The smallest absolute Gasteiger partial charge is 0.330 e. The number of anilines is 2. The van der Waals surface area contributed by atoms with E-state index in [2.05, 4.69) is 10.1 Å². The highest BCUT2D eigenvalue weighted by Gasteiger charge is 2.40. The lowest BCUT2D eigenvalue weighted by Gasteiger charge is -2.36. The van der Waals surface area contributed by atoms with Gasteiger partial charge in [0.1, 0.15) is 5.82 Å². The molecule has 0 aliphatic heterocycles. The van der Waals surface area contributed by atoms with E-state index in [0.717, 1.165) is 41.6 Å². The van der Waals surface area contributed by atoms with Crippen LogP contribution in [0.4, 0.5) is 15.8 Å². The fourth-order valence-electron chi connectivity index (χ4n) is 5.12. The second kappa shape index (κ2) is 12.1. The molecule has 0 saturated heterocycles. The van der Waals surface area contributed by atoms with E-state index >= 15 is 4.39 Å². The van der Waals surface area contributed by atoms with Gasteiger partial charge in [-0.3, -0.25) is 4.79 Å². The zero-order chi connectivity index (χ0) is 27.1. The summed E-state index contributed by atoms with van der Waals surface area (Å²) in [6.45, 7) is 0. The molecule has 1 amide bonds. The molecule has 0 unspecified atom stereocenters. The van der Waals surface area contributed by atoms with Crippen LogP contribution in [-0.4, -0.2) is 33.1 Å². The van der Waals surface area contributed by atoms with Crippen LogP contribution in [0.2, 0.25) is 0 Å². The van der Waals surface area contributed by atoms with Crippen molar-refractivity contribution in [3.63, 3.8) is 0 Å². The molecule has 0 heterocycles. The Labute approximate surface area is 224 Å². The Kier molecular flexibility index (Phi) is 8.62. The number of hydrogen-bond donors (Lipinski definition) is 1. The summed E-state index contributed by atoms with van der Waals surface area (Å²) < 4.78 is 20.0. The van der Waals surface area contributed by atoms with E-state index in [1.54, 1.807) is 12.1 Å². The van der Waals surface area contributed by atoms with Crippen molar-refractivity contribution in [2.75, 3.05) is 31.4 Å². The highest BCUT2D eigenvalue weighted by molar-refractivity contribution is 5.96. The van der Waals surface area contributed by atoms with E-state index in [1.807, 2.05) is 79.7 Å². The van der Waals surface area contributed by atoms with Gasteiger partial charge in [-0.2, -0.15) is 0 Å². The van der Waals surface area contributed by atoms with Gasteiger partial charge in [0, 0.05) is 31.5 Å². The first kappa shape index (κ1) is 27.1. The Morgan fingerprint density at radius 2 is 1.68 bits per heavy atom. The molecule has 1 saturated carbocycles. The zero-order valence-corrected chi connectivity index (χ0v) is 22.3. The number of amides is 1. The highest BCUT2D eigenvalue weighted by Crippen LogP contribution is 2.41. The van der Waals surface area contributed by atoms with Crippen molar-refractivity contribution in [2.24, 2.45) is 5.41 Å². The quantitative estimate of drug-likeness (QED) is 0.263. The van der Waals surface area contributed by atoms with E-state index in [-0.39, 0.29) is 11.7 Å². The topological polar surface area (TPSA) is 58.6 Å². The lowest BCUT2D eigenvalue weighted by molar-refractivity contribution is -0.134. The van der Waals surface area contributed by atoms with Crippen molar-refractivity contribution in [2.45, 2.75) is 38.5 Å². The summed E-state index contributed by atoms with van der Waals surface area (Å²) in [5, 5.41) is 3.07. The molecule has 38 heavy (non-hydrogen) atoms. The molecule has 1 aliphatic carbocycles. The van der Waals surface area contributed by atoms with Crippen LogP contribution in [0.1, 0.15) is 43.2 Å². The van der Waals surface area contributed by atoms with Crippen molar-refractivity contribution in [3.8, 4) is 11.1 Å². The van der Waals surface area contributed by atoms with Crippen molar-refractivity contribution in [1.82, 2.24) is 0 Å². The summed E-state index contributed by atoms with van der Waals surface area (Å²) in [6.07, 6.45) is 7.72. The monoisotopic (exact) mass is 514 g/mol. The average molecular weight is 515 g/mol. The number of ether oxygens (including phenoxy) is 1. The lowest BCUT2D eigenvalue weighted by Crippen LogP contribution is -2.40. The molecule has 4 rings (SSSR count). The van der Waals surface area contributed by atoms with Crippen molar-refractivity contribution in [1.29, 1.82) is 0 Å². The van der Waals surface area contributed by atoms with Gasteiger partial charge in [0.05, 0.1) is 12.5 Å². The molecule has 198 valence electrons. The number of nitrogens with zero attached hydrogens (tertiary/aromatic N) is 1.